The molecule has 0 radical (unpaired) electrons. The number of carbonyl (C=O) groups is 2. The molecular formula is C12H8ClN3O3. The van der Waals surface area contributed by atoms with Crippen LogP contribution in [0.1, 0.15) is 20.8 Å². The Morgan fingerprint density at radius 2 is 2.05 bits per heavy atom. The number of amides is 1. The van der Waals surface area contributed by atoms with Crippen LogP contribution in [0.4, 0.5) is 5.82 Å². The number of halogens is 1. The van der Waals surface area contributed by atoms with Crippen LogP contribution < -0.4 is 5.32 Å². The summed E-state index contributed by atoms with van der Waals surface area (Å²) in [5.74, 6) is -1.55. The van der Waals surface area contributed by atoms with Crippen LogP contribution in [-0.4, -0.2) is 27.0 Å². The number of aromatic nitrogens is 2. The molecule has 0 saturated carbocycles. The van der Waals surface area contributed by atoms with E-state index in [2.05, 4.69) is 15.3 Å². The first-order valence-corrected chi connectivity index (χ1v) is 5.57. The summed E-state index contributed by atoms with van der Waals surface area (Å²) in [5, 5.41) is 11.5. The van der Waals surface area contributed by atoms with Gasteiger partial charge in [-0.25, -0.2) is 9.78 Å². The van der Waals surface area contributed by atoms with Crippen LogP contribution >= 0.6 is 11.6 Å². The Bertz CT molecular complexity index is 646. The summed E-state index contributed by atoms with van der Waals surface area (Å²) in [6, 6.07) is 5.78. The standard InChI is InChI=1S/C12H8ClN3O3/c13-8-4-5-14-6-7(8)11(17)16-10-3-1-2-9(15-10)12(18)19/h1-6H,(H,18,19)(H,15,16,17). The van der Waals surface area contributed by atoms with Crippen LogP contribution in [0.3, 0.4) is 0 Å². The minimum atomic E-state index is -1.17. The predicted molar refractivity (Wildman–Crippen MR) is 68.4 cm³/mol. The van der Waals surface area contributed by atoms with E-state index in [0.717, 1.165) is 0 Å². The molecule has 7 heteroatoms. The van der Waals surface area contributed by atoms with E-state index in [9.17, 15) is 9.59 Å². The molecule has 2 rings (SSSR count). The van der Waals surface area contributed by atoms with Crippen LogP contribution in [0.5, 0.6) is 0 Å². The lowest BCUT2D eigenvalue weighted by Crippen LogP contribution is -2.14. The van der Waals surface area contributed by atoms with Crippen LogP contribution in [0.2, 0.25) is 5.02 Å². The molecule has 0 bridgehead atoms. The van der Waals surface area contributed by atoms with E-state index in [1.807, 2.05) is 0 Å². The Balaban J connectivity index is 2.22. The first-order chi connectivity index (χ1) is 9.08. The van der Waals surface area contributed by atoms with Crippen LogP contribution in [0.15, 0.2) is 36.7 Å². The average molecular weight is 278 g/mol. The minimum Gasteiger partial charge on any atom is -0.477 e. The van der Waals surface area contributed by atoms with Crippen molar-refractivity contribution in [3.05, 3.63) is 52.9 Å². The fourth-order valence-corrected chi connectivity index (χ4v) is 1.54. The summed E-state index contributed by atoms with van der Waals surface area (Å²) >= 11 is 5.85. The Morgan fingerprint density at radius 3 is 2.74 bits per heavy atom. The van der Waals surface area contributed by atoms with Crippen LogP contribution in [0.25, 0.3) is 0 Å². The van der Waals surface area contributed by atoms with Gasteiger partial charge in [0.2, 0.25) is 0 Å². The van der Waals surface area contributed by atoms with Gasteiger partial charge in [-0.3, -0.25) is 9.78 Å². The number of nitrogens with zero attached hydrogens (tertiary/aromatic N) is 2. The van der Waals surface area contributed by atoms with Gasteiger partial charge in [0.25, 0.3) is 5.91 Å². The Kier molecular flexibility index (Phi) is 3.72. The number of aromatic carboxylic acids is 1. The average Bonchev–Trinajstić information content (AvgIpc) is 2.39. The highest BCUT2D eigenvalue weighted by atomic mass is 35.5. The molecule has 2 heterocycles. The number of carboxylic acids is 1. The Hall–Kier alpha value is -2.47. The minimum absolute atomic E-state index is 0.129. The monoisotopic (exact) mass is 277 g/mol. The van der Waals surface area contributed by atoms with Gasteiger partial charge in [0, 0.05) is 12.4 Å². The molecule has 0 spiro atoms. The zero-order chi connectivity index (χ0) is 13.8. The molecule has 2 aromatic rings. The number of pyridine rings is 2. The fraction of sp³-hybridized carbons (Fsp3) is 0. The second kappa shape index (κ2) is 5.45. The van der Waals surface area contributed by atoms with Crippen molar-refractivity contribution in [3.63, 3.8) is 0 Å². The van der Waals surface area contributed by atoms with Gasteiger partial charge >= 0.3 is 5.97 Å². The maximum Gasteiger partial charge on any atom is 0.354 e. The third kappa shape index (κ3) is 3.05. The second-order valence-corrected chi connectivity index (χ2v) is 3.93. The van der Waals surface area contributed by atoms with Crippen molar-refractivity contribution < 1.29 is 14.7 Å². The number of hydrogen-bond acceptors (Lipinski definition) is 4. The zero-order valence-corrected chi connectivity index (χ0v) is 10.3. The van der Waals surface area contributed by atoms with Crippen molar-refractivity contribution in [1.29, 1.82) is 0 Å². The predicted octanol–water partition coefficient (Wildman–Crippen LogP) is 2.08. The summed E-state index contributed by atoms with van der Waals surface area (Å²) in [7, 11) is 0. The SMILES string of the molecule is O=C(O)c1cccc(NC(=O)c2cnccc2Cl)n1. The van der Waals surface area contributed by atoms with Crippen LogP contribution in [0, 0.1) is 0 Å². The molecular weight excluding hydrogens is 270 g/mol. The highest BCUT2D eigenvalue weighted by Gasteiger charge is 2.12. The molecule has 19 heavy (non-hydrogen) atoms. The van der Waals surface area contributed by atoms with Crippen LogP contribution in [-0.2, 0) is 0 Å². The van der Waals surface area contributed by atoms with Gasteiger partial charge in [-0.1, -0.05) is 17.7 Å². The number of carbonyl (C=O) groups excluding carboxylic acids is 1. The maximum absolute atomic E-state index is 11.9. The summed E-state index contributed by atoms with van der Waals surface area (Å²) < 4.78 is 0. The van der Waals surface area contributed by atoms with Crippen molar-refractivity contribution in [1.82, 2.24) is 9.97 Å². The summed E-state index contributed by atoms with van der Waals surface area (Å²) in [5.41, 5.74) is 0.0294. The van der Waals surface area contributed by atoms with Crippen molar-refractivity contribution in [3.8, 4) is 0 Å². The first-order valence-electron chi connectivity index (χ1n) is 5.19. The Morgan fingerprint density at radius 1 is 1.26 bits per heavy atom. The normalized spacial score (nSPS) is 9.95. The largest absolute Gasteiger partial charge is 0.477 e. The van der Waals surface area contributed by atoms with Gasteiger partial charge in [-0.05, 0) is 18.2 Å². The van der Waals surface area contributed by atoms with Crippen molar-refractivity contribution in [2.75, 3.05) is 5.32 Å². The molecule has 0 aromatic carbocycles. The zero-order valence-electron chi connectivity index (χ0n) is 9.50. The van der Waals surface area contributed by atoms with Gasteiger partial charge < -0.3 is 10.4 Å². The van der Waals surface area contributed by atoms with E-state index < -0.39 is 11.9 Å². The molecule has 0 aliphatic carbocycles. The molecule has 0 unspecified atom stereocenters. The Labute approximate surface area is 113 Å². The molecule has 6 nitrogen and oxygen atoms in total. The smallest absolute Gasteiger partial charge is 0.354 e. The highest BCUT2D eigenvalue weighted by molar-refractivity contribution is 6.34. The van der Waals surface area contributed by atoms with Gasteiger partial charge in [0.1, 0.15) is 5.82 Å². The molecule has 0 fully saturated rings. The number of nitrogens with one attached hydrogen (secondary N) is 1. The van der Waals surface area contributed by atoms with Gasteiger partial charge in [-0.15, -0.1) is 0 Å². The van der Waals surface area contributed by atoms with E-state index in [1.165, 1.54) is 36.7 Å². The van der Waals surface area contributed by atoms with Crippen molar-refractivity contribution in [2.45, 2.75) is 0 Å². The highest BCUT2D eigenvalue weighted by Crippen LogP contribution is 2.15. The van der Waals surface area contributed by atoms with E-state index in [1.54, 1.807) is 0 Å². The van der Waals surface area contributed by atoms with E-state index in [4.69, 9.17) is 16.7 Å². The molecule has 1 amide bonds. The number of anilines is 1. The van der Waals surface area contributed by atoms with E-state index >= 15 is 0 Å². The summed E-state index contributed by atoms with van der Waals surface area (Å²) in [4.78, 5) is 30.2. The molecule has 0 aliphatic rings. The van der Waals surface area contributed by atoms with Crippen molar-refractivity contribution in [2.24, 2.45) is 0 Å². The van der Waals surface area contributed by atoms with E-state index in [0.29, 0.717) is 0 Å². The molecule has 0 saturated heterocycles. The van der Waals surface area contributed by atoms with Gasteiger partial charge in [0.15, 0.2) is 5.69 Å². The topological polar surface area (TPSA) is 92.2 Å². The lowest BCUT2D eigenvalue weighted by Gasteiger charge is -2.05. The van der Waals surface area contributed by atoms with Gasteiger partial charge in [0.05, 0.1) is 10.6 Å². The molecule has 96 valence electrons. The number of hydrogen-bond donors (Lipinski definition) is 2. The molecule has 2 aromatic heterocycles. The molecule has 0 aliphatic heterocycles. The summed E-state index contributed by atoms with van der Waals surface area (Å²) in [6.07, 6.45) is 2.78. The third-order valence-corrected chi connectivity index (χ3v) is 2.55. The molecule has 2 N–H and O–H groups in total. The molecule has 0 atom stereocenters. The quantitative estimate of drug-likeness (QED) is 0.896. The first kappa shape index (κ1) is 13.0. The number of carboxylic acid groups (broad SMARTS) is 1. The lowest BCUT2D eigenvalue weighted by atomic mass is 10.2. The summed E-state index contributed by atoms with van der Waals surface area (Å²) in [6.45, 7) is 0. The lowest BCUT2D eigenvalue weighted by molar-refractivity contribution is 0.0690. The van der Waals surface area contributed by atoms with E-state index in [-0.39, 0.29) is 22.1 Å². The van der Waals surface area contributed by atoms with Gasteiger partial charge in [-0.2, -0.15) is 0 Å². The second-order valence-electron chi connectivity index (χ2n) is 3.52. The fourth-order valence-electron chi connectivity index (χ4n) is 1.35. The number of rotatable bonds is 3. The third-order valence-electron chi connectivity index (χ3n) is 2.22. The maximum atomic E-state index is 11.9. The van der Waals surface area contributed by atoms with Crippen molar-refractivity contribution >= 4 is 29.3 Å².